The molecule has 0 amide bonds. The third-order valence-corrected chi connectivity index (χ3v) is 2.91. The van der Waals surface area contributed by atoms with Gasteiger partial charge in [-0.25, -0.2) is 0 Å². The average molecular weight is 208 g/mol. The fraction of sp³-hybridized carbons (Fsp3) is 0.500. The number of hydrogen-bond acceptors (Lipinski definition) is 3. The van der Waals surface area contributed by atoms with E-state index < -0.39 is 6.04 Å². The smallest absolute Gasteiger partial charge is 0.0601 e. The summed E-state index contributed by atoms with van der Waals surface area (Å²) in [7, 11) is 0. The molecule has 3 nitrogen and oxygen atoms in total. The molecule has 3 heteroatoms. The van der Waals surface area contributed by atoms with Crippen molar-refractivity contribution in [3.63, 3.8) is 0 Å². The number of nitrogens with two attached hydrogens (primary N) is 2. The molecule has 0 radical (unpaired) electrons. The van der Waals surface area contributed by atoms with Crippen LogP contribution in [0.15, 0.2) is 12.1 Å². The summed E-state index contributed by atoms with van der Waals surface area (Å²) in [6, 6.07) is 3.47. The largest absolute Gasteiger partial charge is 0.395 e. The Balaban J connectivity index is 3.09. The van der Waals surface area contributed by atoms with Crippen molar-refractivity contribution in [3.8, 4) is 0 Å². The normalized spacial score (nSPS) is 15.1. The molecule has 0 aliphatic rings. The molecule has 2 unspecified atom stereocenters. The lowest BCUT2D eigenvalue weighted by Gasteiger charge is -2.21. The Labute approximate surface area is 91.1 Å². The molecule has 1 aromatic rings. The number of hydrogen-bond donors (Lipinski definition) is 3. The van der Waals surface area contributed by atoms with Crippen LogP contribution < -0.4 is 11.5 Å². The van der Waals surface area contributed by atoms with Gasteiger partial charge in [0, 0.05) is 12.1 Å². The van der Waals surface area contributed by atoms with E-state index in [0.29, 0.717) is 0 Å². The summed E-state index contributed by atoms with van der Waals surface area (Å²) in [5, 5.41) is 8.98. The molecule has 2 atom stereocenters. The van der Waals surface area contributed by atoms with Crippen molar-refractivity contribution in [2.45, 2.75) is 32.9 Å². The second kappa shape index (κ2) is 4.75. The Morgan fingerprint density at radius 3 is 2.13 bits per heavy atom. The second-order valence-corrected chi connectivity index (χ2v) is 4.17. The summed E-state index contributed by atoms with van der Waals surface area (Å²) in [6.07, 6.45) is 0. The van der Waals surface area contributed by atoms with Gasteiger partial charge >= 0.3 is 0 Å². The minimum atomic E-state index is -0.397. The molecule has 0 saturated heterocycles. The number of aryl methyl sites for hydroxylation is 3. The number of aliphatic hydroxyl groups excluding tert-OH is 1. The molecule has 0 fully saturated rings. The molecule has 15 heavy (non-hydrogen) atoms. The maximum Gasteiger partial charge on any atom is 0.0601 e. The minimum Gasteiger partial charge on any atom is -0.395 e. The maximum absolute atomic E-state index is 8.98. The zero-order chi connectivity index (χ0) is 11.6. The van der Waals surface area contributed by atoms with Gasteiger partial charge in [-0.05, 0) is 43.0 Å². The molecule has 0 aliphatic carbocycles. The monoisotopic (exact) mass is 208 g/mol. The molecule has 5 N–H and O–H groups in total. The SMILES string of the molecule is Cc1cc(C)c(C(N)C(N)CO)cc1C. The van der Waals surface area contributed by atoms with Crippen LogP contribution in [0.1, 0.15) is 28.3 Å². The van der Waals surface area contributed by atoms with Gasteiger partial charge in [0.2, 0.25) is 0 Å². The van der Waals surface area contributed by atoms with E-state index in [2.05, 4.69) is 26.0 Å². The predicted octanol–water partition coefficient (Wildman–Crippen LogP) is 0.931. The van der Waals surface area contributed by atoms with E-state index in [4.69, 9.17) is 16.6 Å². The molecule has 84 valence electrons. The highest BCUT2D eigenvalue weighted by molar-refractivity contribution is 5.38. The summed E-state index contributed by atoms with van der Waals surface area (Å²) in [5.74, 6) is 0. The van der Waals surface area contributed by atoms with E-state index in [1.54, 1.807) is 0 Å². The van der Waals surface area contributed by atoms with Gasteiger partial charge in [0.25, 0.3) is 0 Å². The zero-order valence-electron chi connectivity index (χ0n) is 9.62. The van der Waals surface area contributed by atoms with Gasteiger partial charge in [0.1, 0.15) is 0 Å². The molecule has 0 aliphatic heterocycles. The van der Waals surface area contributed by atoms with Crippen molar-refractivity contribution in [1.82, 2.24) is 0 Å². The minimum absolute atomic E-state index is 0.0898. The topological polar surface area (TPSA) is 72.3 Å². The van der Waals surface area contributed by atoms with Crippen molar-refractivity contribution >= 4 is 0 Å². The number of aliphatic hydroxyl groups is 1. The molecule has 0 bridgehead atoms. The highest BCUT2D eigenvalue weighted by atomic mass is 16.3. The van der Waals surface area contributed by atoms with E-state index >= 15 is 0 Å². The fourth-order valence-corrected chi connectivity index (χ4v) is 1.69. The first kappa shape index (κ1) is 12.2. The highest BCUT2D eigenvalue weighted by Gasteiger charge is 2.16. The molecule has 1 rings (SSSR count). The van der Waals surface area contributed by atoms with Gasteiger partial charge in [-0.2, -0.15) is 0 Å². The van der Waals surface area contributed by atoms with Crippen LogP contribution in [-0.2, 0) is 0 Å². The molecular formula is C12H20N2O. The quantitative estimate of drug-likeness (QED) is 0.692. The van der Waals surface area contributed by atoms with Gasteiger partial charge in [-0.3, -0.25) is 0 Å². The summed E-state index contributed by atoms with van der Waals surface area (Å²) in [4.78, 5) is 0. The standard InChI is InChI=1S/C12H20N2O/c1-7-4-9(3)10(5-8(7)2)12(14)11(13)6-15/h4-5,11-12,15H,6,13-14H2,1-3H3. The summed E-state index contributed by atoms with van der Waals surface area (Å²) in [6.45, 7) is 6.05. The Bertz CT molecular complexity index is 350. The van der Waals surface area contributed by atoms with Crippen molar-refractivity contribution < 1.29 is 5.11 Å². The molecule has 1 aromatic carbocycles. The van der Waals surface area contributed by atoms with E-state index in [0.717, 1.165) is 11.1 Å². The second-order valence-electron chi connectivity index (χ2n) is 4.17. The first-order chi connectivity index (χ1) is 6.97. The van der Waals surface area contributed by atoms with Gasteiger partial charge in [0.05, 0.1) is 6.61 Å². The van der Waals surface area contributed by atoms with Crippen molar-refractivity contribution in [1.29, 1.82) is 0 Å². The zero-order valence-corrected chi connectivity index (χ0v) is 9.62. The lowest BCUT2D eigenvalue weighted by atomic mass is 9.93. The van der Waals surface area contributed by atoms with Gasteiger partial charge in [-0.1, -0.05) is 12.1 Å². The molecule has 0 heterocycles. The van der Waals surface area contributed by atoms with Crippen molar-refractivity contribution in [2.24, 2.45) is 11.5 Å². The van der Waals surface area contributed by atoms with Crippen LogP contribution in [-0.4, -0.2) is 17.8 Å². The highest BCUT2D eigenvalue weighted by Crippen LogP contribution is 2.21. The van der Waals surface area contributed by atoms with Crippen LogP contribution in [0.5, 0.6) is 0 Å². The number of rotatable bonds is 3. The van der Waals surface area contributed by atoms with Crippen LogP contribution in [0, 0.1) is 20.8 Å². The third kappa shape index (κ3) is 2.56. The first-order valence-corrected chi connectivity index (χ1v) is 5.17. The van der Waals surface area contributed by atoms with Crippen LogP contribution in [0.4, 0.5) is 0 Å². The van der Waals surface area contributed by atoms with Crippen LogP contribution in [0.25, 0.3) is 0 Å². The molecular weight excluding hydrogens is 188 g/mol. The lowest BCUT2D eigenvalue weighted by molar-refractivity contribution is 0.249. The van der Waals surface area contributed by atoms with Crippen LogP contribution >= 0.6 is 0 Å². The predicted molar refractivity (Wildman–Crippen MR) is 62.6 cm³/mol. The Hall–Kier alpha value is -0.900. The number of benzene rings is 1. The Morgan fingerprint density at radius 2 is 1.60 bits per heavy atom. The molecule has 0 aromatic heterocycles. The van der Waals surface area contributed by atoms with Crippen molar-refractivity contribution in [3.05, 3.63) is 34.4 Å². The third-order valence-electron chi connectivity index (χ3n) is 2.91. The Kier molecular flexibility index (Phi) is 3.85. The summed E-state index contributed by atoms with van der Waals surface area (Å²) in [5.41, 5.74) is 16.3. The van der Waals surface area contributed by atoms with E-state index in [1.807, 2.05) is 6.92 Å². The average Bonchev–Trinajstić information content (AvgIpc) is 2.21. The summed E-state index contributed by atoms with van der Waals surface area (Å²) < 4.78 is 0. The van der Waals surface area contributed by atoms with E-state index in [-0.39, 0.29) is 12.6 Å². The fourth-order valence-electron chi connectivity index (χ4n) is 1.69. The Morgan fingerprint density at radius 1 is 1.07 bits per heavy atom. The van der Waals surface area contributed by atoms with E-state index in [1.165, 1.54) is 11.1 Å². The van der Waals surface area contributed by atoms with Crippen LogP contribution in [0.3, 0.4) is 0 Å². The van der Waals surface area contributed by atoms with Crippen molar-refractivity contribution in [2.75, 3.05) is 6.61 Å². The van der Waals surface area contributed by atoms with E-state index in [9.17, 15) is 0 Å². The molecule has 0 spiro atoms. The van der Waals surface area contributed by atoms with Gasteiger partial charge in [-0.15, -0.1) is 0 Å². The van der Waals surface area contributed by atoms with Crippen LogP contribution in [0.2, 0.25) is 0 Å². The maximum atomic E-state index is 8.98. The summed E-state index contributed by atoms with van der Waals surface area (Å²) >= 11 is 0. The van der Waals surface area contributed by atoms with Gasteiger partial charge in [0.15, 0.2) is 0 Å². The first-order valence-electron chi connectivity index (χ1n) is 5.17. The lowest BCUT2D eigenvalue weighted by Crippen LogP contribution is -2.37. The van der Waals surface area contributed by atoms with Gasteiger partial charge < -0.3 is 16.6 Å². The molecule has 0 saturated carbocycles.